The fourth-order valence-electron chi connectivity index (χ4n) is 3.28. The van der Waals surface area contributed by atoms with E-state index in [-0.39, 0.29) is 11.9 Å². The van der Waals surface area contributed by atoms with E-state index in [1.807, 2.05) is 36.4 Å². The van der Waals surface area contributed by atoms with E-state index < -0.39 is 0 Å². The van der Waals surface area contributed by atoms with Gasteiger partial charge in [-0.1, -0.05) is 35.5 Å². The van der Waals surface area contributed by atoms with Gasteiger partial charge >= 0.3 is 0 Å². The Morgan fingerprint density at radius 1 is 1.28 bits per heavy atom. The molecule has 0 bridgehead atoms. The Labute approximate surface area is 145 Å². The summed E-state index contributed by atoms with van der Waals surface area (Å²) in [6.45, 7) is 2.46. The smallest absolute Gasteiger partial charge is 0.272 e. The number of rotatable bonds is 3. The molecule has 1 aliphatic rings. The Morgan fingerprint density at radius 3 is 2.80 bits per heavy atom. The Hall–Kier alpha value is -2.96. The second-order valence-corrected chi connectivity index (χ2v) is 6.24. The summed E-state index contributed by atoms with van der Waals surface area (Å²) < 4.78 is 6.93. The summed E-state index contributed by atoms with van der Waals surface area (Å²) in [5, 5.41) is 8.34. The summed E-state index contributed by atoms with van der Waals surface area (Å²) in [6, 6.07) is 11.5. The maximum atomic E-state index is 13.1. The molecule has 1 unspecified atom stereocenters. The lowest BCUT2D eigenvalue weighted by atomic mass is 10.1. The minimum atomic E-state index is -0.163. The molecule has 7 heteroatoms. The van der Waals surface area contributed by atoms with Gasteiger partial charge in [0, 0.05) is 19.2 Å². The fraction of sp³-hybridized carbons (Fsp3) is 0.333. The number of likely N-dealkylation sites (tertiary alicyclic amines) is 1. The first-order chi connectivity index (χ1) is 12.1. The van der Waals surface area contributed by atoms with Gasteiger partial charge in [0.25, 0.3) is 5.91 Å². The van der Waals surface area contributed by atoms with E-state index >= 15 is 0 Å². The normalized spacial score (nSPS) is 17.2. The van der Waals surface area contributed by atoms with Crippen LogP contribution in [0.25, 0.3) is 11.3 Å². The van der Waals surface area contributed by atoms with Gasteiger partial charge in [0.2, 0.25) is 5.89 Å². The molecule has 2 aromatic heterocycles. The van der Waals surface area contributed by atoms with Gasteiger partial charge < -0.3 is 9.42 Å². The minimum absolute atomic E-state index is 0.0597. The Balaban J connectivity index is 1.63. The monoisotopic (exact) mass is 337 g/mol. The molecule has 3 aromatic rings. The van der Waals surface area contributed by atoms with Crippen molar-refractivity contribution in [1.29, 1.82) is 0 Å². The number of aryl methyl sites for hydroxylation is 2. The van der Waals surface area contributed by atoms with Crippen LogP contribution in [0.1, 0.15) is 41.1 Å². The third kappa shape index (κ3) is 2.82. The van der Waals surface area contributed by atoms with Gasteiger partial charge in [-0.25, -0.2) is 0 Å². The van der Waals surface area contributed by atoms with Crippen molar-refractivity contribution in [2.24, 2.45) is 7.05 Å². The lowest BCUT2D eigenvalue weighted by Gasteiger charge is -2.21. The molecule has 1 saturated heterocycles. The summed E-state index contributed by atoms with van der Waals surface area (Å²) >= 11 is 0. The first-order valence-electron chi connectivity index (χ1n) is 8.34. The Bertz CT molecular complexity index is 899. The summed E-state index contributed by atoms with van der Waals surface area (Å²) in [6.07, 6.45) is 1.75. The van der Waals surface area contributed by atoms with E-state index in [2.05, 4.69) is 15.2 Å². The number of carbonyl (C=O) groups is 1. The molecule has 3 heterocycles. The van der Waals surface area contributed by atoms with E-state index in [0.29, 0.717) is 24.0 Å². The zero-order valence-corrected chi connectivity index (χ0v) is 14.2. The van der Waals surface area contributed by atoms with Gasteiger partial charge in [0.15, 0.2) is 5.82 Å². The zero-order valence-electron chi connectivity index (χ0n) is 14.2. The average Bonchev–Trinajstić information content (AvgIpc) is 3.34. The van der Waals surface area contributed by atoms with Gasteiger partial charge in [-0.3, -0.25) is 9.48 Å². The standard InChI is InChI=1S/C18H19N5O2/c1-12-19-17(25-21-12)15-9-6-10-23(15)18(24)16-11-14(20-22(16)2)13-7-4-3-5-8-13/h3-5,7-8,11,15H,6,9-10H2,1-2H3. The molecule has 0 radical (unpaired) electrons. The van der Waals surface area contributed by atoms with Crippen LogP contribution in [0, 0.1) is 6.92 Å². The second-order valence-electron chi connectivity index (χ2n) is 6.24. The van der Waals surface area contributed by atoms with Gasteiger partial charge in [0.05, 0.1) is 5.69 Å². The van der Waals surface area contributed by atoms with E-state index in [1.165, 1.54) is 0 Å². The van der Waals surface area contributed by atoms with Gasteiger partial charge in [-0.2, -0.15) is 10.1 Å². The van der Waals surface area contributed by atoms with Crippen molar-refractivity contribution in [1.82, 2.24) is 24.8 Å². The van der Waals surface area contributed by atoms with E-state index in [9.17, 15) is 4.79 Å². The molecule has 0 aliphatic carbocycles. The number of benzene rings is 1. The second kappa shape index (κ2) is 6.16. The molecule has 0 spiro atoms. The van der Waals surface area contributed by atoms with Gasteiger partial charge in [0.1, 0.15) is 11.7 Å². The highest BCUT2D eigenvalue weighted by atomic mass is 16.5. The van der Waals surface area contributed by atoms with Crippen LogP contribution >= 0.6 is 0 Å². The molecule has 0 saturated carbocycles. The van der Waals surface area contributed by atoms with Crippen molar-refractivity contribution in [3.05, 3.63) is 53.8 Å². The van der Waals surface area contributed by atoms with Crippen LogP contribution in [0.15, 0.2) is 40.9 Å². The molecule has 0 N–H and O–H groups in total. The van der Waals surface area contributed by atoms with Gasteiger partial charge in [-0.15, -0.1) is 0 Å². The van der Waals surface area contributed by atoms with Crippen molar-refractivity contribution in [3.8, 4) is 11.3 Å². The van der Waals surface area contributed by atoms with Crippen molar-refractivity contribution >= 4 is 5.91 Å². The molecule has 1 aromatic carbocycles. The Kier molecular flexibility index (Phi) is 3.83. The number of hydrogen-bond donors (Lipinski definition) is 0. The van der Waals surface area contributed by atoms with Crippen LogP contribution in [0.3, 0.4) is 0 Å². The summed E-state index contributed by atoms with van der Waals surface area (Å²) in [7, 11) is 1.79. The van der Waals surface area contributed by atoms with E-state index in [0.717, 1.165) is 24.1 Å². The molecule has 25 heavy (non-hydrogen) atoms. The van der Waals surface area contributed by atoms with Crippen LogP contribution in [-0.2, 0) is 7.05 Å². The molecule has 7 nitrogen and oxygen atoms in total. The number of carbonyl (C=O) groups excluding carboxylic acids is 1. The number of hydrogen-bond acceptors (Lipinski definition) is 5. The van der Waals surface area contributed by atoms with Crippen LogP contribution in [0.2, 0.25) is 0 Å². The van der Waals surface area contributed by atoms with Gasteiger partial charge in [-0.05, 0) is 25.8 Å². The molecule has 1 aliphatic heterocycles. The first-order valence-corrected chi connectivity index (χ1v) is 8.34. The fourth-order valence-corrected chi connectivity index (χ4v) is 3.28. The number of amides is 1. The molecule has 128 valence electrons. The van der Waals surface area contributed by atoms with E-state index in [1.54, 1.807) is 23.6 Å². The largest absolute Gasteiger partial charge is 0.337 e. The highest BCUT2D eigenvalue weighted by molar-refractivity contribution is 5.94. The lowest BCUT2D eigenvalue weighted by Crippen LogP contribution is -2.32. The van der Waals surface area contributed by atoms with Crippen molar-refractivity contribution in [2.75, 3.05) is 6.54 Å². The molecular formula is C18H19N5O2. The third-order valence-corrected chi connectivity index (χ3v) is 4.51. The zero-order chi connectivity index (χ0) is 17.4. The Morgan fingerprint density at radius 2 is 2.08 bits per heavy atom. The highest BCUT2D eigenvalue weighted by Gasteiger charge is 2.35. The molecule has 1 fully saturated rings. The predicted molar refractivity (Wildman–Crippen MR) is 90.7 cm³/mol. The minimum Gasteiger partial charge on any atom is -0.337 e. The molecule has 1 atom stereocenters. The molecular weight excluding hydrogens is 318 g/mol. The topological polar surface area (TPSA) is 77.0 Å². The maximum absolute atomic E-state index is 13.1. The first kappa shape index (κ1) is 15.6. The predicted octanol–water partition coefficient (Wildman–Crippen LogP) is 2.76. The summed E-state index contributed by atoms with van der Waals surface area (Å²) in [4.78, 5) is 19.2. The lowest BCUT2D eigenvalue weighted by molar-refractivity contribution is 0.0699. The SMILES string of the molecule is Cc1noc(C2CCCN2C(=O)c2cc(-c3ccccc3)nn2C)n1. The van der Waals surface area contributed by atoms with Crippen LogP contribution < -0.4 is 0 Å². The molecule has 1 amide bonds. The van der Waals surface area contributed by atoms with Crippen molar-refractivity contribution in [2.45, 2.75) is 25.8 Å². The van der Waals surface area contributed by atoms with Crippen molar-refractivity contribution in [3.63, 3.8) is 0 Å². The quantitative estimate of drug-likeness (QED) is 0.734. The maximum Gasteiger partial charge on any atom is 0.272 e. The summed E-state index contributed by atoms with van der Waals surface area (Å²) in [5.41, 5.74) is 2.33. The highest BCUT2D eigenvalue weighted by Crippen LogP contribution is 2.32. The number of nitrogens with zero attached hydrogens (tertiary/aromatic N) is 5. The van der Waals surface area contributed by atoms with Crippen LogP contribution in [0.5, 0.6) is 0 Å². The van der Waals surface area contributed by atoms with Crippen molar-refractivity contribution < 1.29 is 9.32 Å². The number of aromatic nitrogens is 4. The molecule has 4 rings (SSSR count). The van der Waals surface area contributed by atoms with Crippen LogP contribution in [-0.4, -0.2) is 37.3 Å². The average molecular weight is 337 g/mol. The summed E-state index contributed by atoms with van der Waals surface area (Å²) in [5.74, 6) is 1.03. The third-order valence-electron chi connectivity index (χ3n) is 4.51. The van der Waals surface area contributed by atoms with E-state index in [4.69, 9.17) is 4.52 Å². The van der Waals surface area contributed by atoms with Crippen LogP contribution in [0.4, 0.5) is 0 Å².